The van der Waals surface area contributed by atoms with Crippen LogP contribution in [0.15, 0.2) is 72.4 Å². The Hall–Kier alpha value is -6.51. The highest BCUT2D eigenvalue weighted by Gasteiger charge is 2.70. The summed E-state index contributed by atoms with van der Waals surface area (Å²) in [6, 6.07) is 11.0. The predicted octanol–water partition coefficient (Wildman–Crippen LogP) is 7.85. The maximum absolute atomic E-state index is 15.5. The molecule has 1 aromatic heterocycles. The van der Waals surface area contributed by atoms with Gasteiger partial charge in [-0.1, -0.05) is 58.6 Å². The van der Waals surface area contributed by atoms with Crippen molar-refractivity contribution in [3.05, 3.63) is 124 Å². The number of nitrogens with zero attached hydrogens (tertiary/aromatic N) is 6. The number of carbonyl (C=O) groups is 4. The summed E-state index contributed by atoms with van der Waals surface area (Å²) in [7, 11) is 3.95. The Labute approximate surface area is 374 Å². The van der Waals surface area contributed by atoms with Gasteiger partial charge in [-0.05, 0) is 60.2 Å². The molecule has 1 saturated carbocycles. The number of nitro groups is 2. The number of nitrogens with one attached hydrogen (secondary N) is 1. The number of halogens is 6. The van der Waals surface area contributed by atoms with Crippen LogP contribution in [0.3, 0.4) is 0 Å². The number of nitro benzene ring substituents is 2. The van der Waals surface area contributed by atoms with E-state index in [-0.39, 0.29) is 45.5 Å². The van der Waals surface area contributed by atoms with Crippen LogP contribution in [0.2, 0.25) is 15.1 Å². The summed E-state index contributed by atoms with van der Waals surface area (Å²) in [5.74, 6) is -10.9. The number of amides is 4. The number of phenols is 1. The van der Waals surface area contributed by atoms with Crippen molar-refractivity contribution in [1.82, 2.24) is 9.99 Å². The number of phenolic OH excluding ortho intramolecular Hbond substituents is 1. The van der Waals surface area contributed by atoms with E-state index in [1.165, 1.54) is 57.6 Å². The number of benzene rings is 3. The lowest BCUT2D eigenvalue weighted by atomic mass is 9.49. The molecule has 3 aromatic carbocycles. The first-order valence-electron chi connectivity index (χ1n) is 19.0. The van der Waals surface area contributed by atoms with Crippen LogP contribution in [0.4, 0.5) is 41.7 Å². The number of aromatic nitrogens is 1. The molecule has 4 aromatic rings. The van der Waals surface area contributed by atoms with E-state index < -0.39 is 114 Å². The van der Waals surface area contributed by atoms with Crippen LogP contribution in [0, 0.1) is 43.9 Å². The fraction of sp³-hybridized carbons (Fsp3) is 0.293. The number of aromatic hydroxyl groups is 1. The van der Waals surface area contributed by atoms with Crippen molar-refractivity contribution in [2.24, 2.45) is 23.7 Å². The van der Waals surface area contributed by atoms with E-state index in [0.29, 0.717) is 27.7 Å². The van der Waals surface area contributed by atoms with Crippen LogP contribution < -0.4 is 20.0 Å². The van der Waals surface area contributed by atoms with Gasteiger partial charge in [-0.15, -0.1) is 0 Å². The maximum atomic E-state index is 15.5. The third-order valence-electron chi connectivity index (χ3n) is 12.3. The molecular weight excluding hydrogens is 914 g/mol. The number of fused-ring (bicyclic) bond motifs is 4. The molecule has 0 bridgehead atoms. The van der Waals surface area contributed by atoms with Crippen LogP contribution in [-0.4, -0.2) is 69.8 Å². The number of carbonyl (C=O) groups excluding carboxylic acids is 4. The van der Waals surface area contributed by atoms with Gasteiger partial charge in [0.05, 0.1) is 61.4 Å². The van der Waals surface area contributed by atoms with Gasteiger partial charge < -0.3 is 14.7 Å². The molecule has 4 amide bonds. The van der Waals surface area contributed by atoms with Gasteiger partial charge in [-0.2, -0.15) is 18.2 Å². The van der Waals surface area contributed by atoms with Crippen LogP contribution in [0.25, 0.3) is 0 Å². The Kier molecular flexibility index (Phi) is 10.8. The number of alkyl halides is 3. The Morgan fingerprint density at radius 1 is 0.922 bits per heavy atom. The minimum Gasteiger partial charge on any atom is -0.503 e. The third-order valence-corrected chi connectivity index (χ3v) is 13.1. The van der Waals surface area contributed by atoms with Crippen molar-refractivity contribution in [1.29, 1.82) is 0 Å². The van der Waals surface area contributed by atoms with Gasteiger partial charge in [0.15, 0.2) is 23.0 Å². The molecule has 332 valence electrons. The van der Waals surface area contributed by atoms with E-state index in [0.717, 1.165) is 17.0 Å². The number of anilines is 3. The average Bonchev–Trinajstić information content (AvgIpc) is 3.62. The highest BCUT2D eigenvalue weighted by Crippen LogP contribution is 2.65. The van der Waals surface area contributed by atoms with Gasteiger partial charge in [-0.3, -0.25) is 44.8 Å². The second-order valence-electron chi connectivity index (χ2n) is 15.7. The van der Waals surface area contributed by atoms with Gasteiger partial charge in [-0.25, -0.2) is 9.88 Å². The van der Waals surface area contributed by atoms with Crippen molar-refractivity contribution < 1.29 is 52.0 Å². The average molecular weight is 945 g/mol. The van der Waals surface area contributed by atoms with Gasteiger partial charge in [0, 0.05) is 43.4 Å². The van der Waals surface area contributed by atoms with Gasteiger partial charge in [0.1, 0.15) is 0 Å². The zero-order valence-electron chi connectivity index (χ0n) is 33.2. The number of rotatable bonds is 9. The molecular formula is C41H31Cl3F3N7O10. The molecule has 6 atom stereocenters. The number of ether oxygens (including phenoxy) is 1. The van der Waals surface area contributed by atoms with Crippen LogP contribution in [0.1, 0.15) is 35.4 Å². The summed E-state index contributed by atoms with van der Waals surface area (Å²) >= 11 is 19.2. The van der Waals surface area contributed by atoms with E-state index in [4.69, 9.17) is 39.5 Å². The first kappa shape index (κ1) is 44.1. The molecule has 2 aliphatic carbocycles. The predicted molar refractivity (Wildman–Crippen MR) is 223 cm³/mol. The number of allylic oxidation sites excluding steroid dienone is 2. The number of hydrazine groups is 1. The van der Waals surface area contributed by atoms with Crippen molar-refractivity contribution in [2.75, 3.05) is 36.4 Å². The summed E-state index contributed by atoms with van der Waals surface area (Å²) in [6.07, 6.45) is -3.18. The maximum Gasteiger partial charge on any atom is 0.417 e. The van der Waals surface area contributed by atoms with Crippen LogP contribution in [0.5, 0.6) is 11.5 Å². The number of hydrogen-bond acceptors (Lipinski definition) is 13. The zero-order chi connectivity index (χ0) is 46.5. The fourth-order valence-corrected chi connectivity index (χ4v) is 10.3. The highest BCUT2D eigenvalue weighted by atomic mass is 35.5. The molecule has 2 aliphatic heterocycles. The van der Waals surface area contributed by atoms with Crippen molar-refractivity contribution in [2.45, 2.75) is 30.4 Å². The lowest BCUT2D eigenvalue weighted by Gasteiger charge is -2.50. The van der Waals surface area contributed by atoms with E-state index in [1.807, 2.05) is 0 Å². The summed E-state index contributed by atoms with van der Waals surface area (Å²) in [6.45, 7) is 0. The quantitative estimate of drug-likeness (QED) is 0.0708. The molecule has 17 nitrogen and oxygen atoms in total. The van der Waals surface area contributed by atoms with Crippen LogP contribution >= 0.6 is 34.8 Å². The summed E-state index contributed by atoms with van der Waals surface area (Å²) in [4.78, 5) is 88.1. The molecule has 23 heteroatoms. The lowest BCUT2D eigenvalue weighted by Crippen LogP contribution is -2.53. The highest BCUT2D eigenvalue weighted by molar-refractivity contribution is 6.33. The fourth-order valence-electron chi connectivity index (χ4n) is 9.78. The molecule has 2 N–H and O–H groups in total. The number of methoxy groups -OCH3 is 1. The van der Waals surface area contributed by atoms with E-state index >= 15 is 9.59 Å². The zero-order valence-corrected chi connectivity index (χ0v) is 35.5. The third kappa shape index (κ3) is 6.64. The first-order chi connectivity index (χ1) is 30.1. The smallest absolute Gasteiger partial charge is 0.417 e. The topological polar surface area (TPSA) is 219 Å². The van der Waals surface area contributed by atoms with E-state index in [9.17, 15) is 48.1 Å². The van der Waals surface area contributed by atoms with Crippen molar-refractivity contribution >= 4 is 87.0 Å². The Morgan fingerprint density at radius 3 is 2.12 bits per heavy atom. The van der Waals surface area contributed by atoms with E-state index in [1.54, 1.807) is 6.08 Å². The Balaban J connectivity index is 1.33. The largest absolute Gasteiger partial charge is 0.503 e. The van der Waals surface area contributed by atoms with E-state index in [2.05, 4.69) is 10.4 Å². The standard InChI is InChI=1S/C41H31Cl3F3N7O10/c1-50(2)33-28(53(60)61)13-21(14-29(33)54(62)63)51-36(56)23-9-8-22-24(31(23)38(51)58)15-25-37(57)52(49-35-27(44)12-19(16-48-35)41(45,46)47)39(59)40(25,18-4-6-20(42)7-5-18)32(22)17-10-26(43)34(55)30(11-17)64-3/h4-8,10-14,16,23-25,31-32,55H,9,15H2,1-3H3,(H,48,49)/t23-,24+,25-,31-,32-,40+/m0/s1. The molecule has 0 unspecified atom stereocenters. The second kappa shape index (κ2) is 15.6. The Bertz CT molecular complexity index is 2740. The molecule has 8 rings (SSSR count). The minimum absolute atomic E-state index is 0.142. The first-order valence-corrected chi connectivity index (χ1v) is 20.2. The molecule has 2 saturated heterocycles. The normalized spacial score (nSPS) is 24.0. The Morgan fingerprint density at radius 2 is 1.56 bits per heavy atom. The second-order valence-corrected chi connectivity index (χ2v) is 17.0. The van der Waals surface area contributed by atoms with Crippen molar-refractivity contribution in [3.8, 4) is 11.5 Å². The van der Waals surface area contributed by atoms with Crippen molar-refractivity contribution in [3.63, 3.8) is 0 Å². The minimum atomic E-state index is -4.84. The molecule has 3 fully saturated rings. The van der Waals surface area contributed by atoms with Gasteiger partial charge in [0.25, 0.3) is 11.8 Å². The summed E-state index contributed by atoms with van der Waals surface area (Å²) < 4.78 is 46.2. The SMILES string of the molecule is COc1cc([C@H]2C3=CC[C@@H]4C(=O)N(c5cc([N+](=O)[O-])c(N(C)C)c([N+](=O)[O-])c5)C(=O)[C@@H]4[C@@H]3C[C@H]3C(=O)N(Nc4ncc(C(F)(F)F)cc4Cl)C(=O)[C@@]23c2ccc(Cl)cc2)cc(Cl)c1O. The lowest BCUT2D eigenvalue weighted by molar-refractivity contribution is -0.392. The number of pyridine rings is 1. The van der Waals surface area contributed by atoms with Crippen LogP contribution in [-0.2, 0) is 30.8 Å². The number of hydrogen-bond donors (Lipinski definition) is 2. The monoisotopic (exact) mass is 943 g/mol. The summed E-state index contributed by atoms with van der Waals surface area (Å²) in [5, 5.41) is 35.4. The molecule has 4 aliphatic rings. The molecule has 64 heavy (non-hydrogen) atoms. The molecule has 3 heterocycles. The van der Waals surface area contributed by atoms with Gasteiger partial charge in [0.2, 0.25) is 11.8 Å². The van der Waals surface area contributed by atoms with Gasteiger partial charge >= 0.3 is 17.6 Å². The molecule has 0 radical (unpaired) electrons. The molecule has 0 spiro atoms. The number of imide groups is 2. The summed E-state index contributed by atoms with van der Waals surface area (Å²) in [5.41, 5.74) is -2.20.